The van der Waals surface area contributed by atoms with Crippen molar-refractivity contribution in [1.29, 1.82) is 0 Å². The minimum Gasteiger partial charge on any atom is -0.478 e. The highest BCUT2D eigenvalue weighted by Crippen LogP contribution is 2.24. The number of hydrogen-bond acceptors (Lipinski definition) is 2. The smallest absolute Gasteiger partial charge is 0.335 e. The molecule has 0 heterocycles. The molecule has 0 bridgehead atoms. The molecule has 0 aliphatic rings. The number of carboxylic acid groups (broad SMARTS) is 1. The van der Waals surface area contributed by atoms with Crippen LogP contribution in [0.2, 0.25) is 0 Å². The summed E-state index contributed by atoms with van der Waals surface area (Å²) in [5.74, 6) is -0.392. The molecular weight excluding hydrogens is 266 g/mol. The van der Waals surface area contributed by atoms with E-state index in [-0.39, 0.29) is 23.3 Å². The molecule has 0 atom stereocenters. The van der Waals surface area contributed by atoms with Crippen molar-refractivity contribution in [2.45, 2.75) is 40.5 Å². The van der Waals surface area contributed by atoms with Gasteiger partial charge in [-0.3, -0.25) is 4.79 Å². The number of carbonyl (C=O) groups excluding carboxylic acids is 1. The molecule has 21 heavy (non-hydrogen) atoms. The summed E-state index contributed by atoms with van der Waals surface area (Å²) in [7, 11) is 0. The van der Waals surface area contributed by atoms with E-state index < -0.39 is 5.97 Å². The lowest BCUT2D eigenvalue weighted by atomic mass is 9.84. The van der Waals surface area contributed by atoms with Gasteiger partial charge in [0.2, 0.25) is 5.91 Å². The lowest BCUT2D eigenvalue weighted by molar-refractivity contribution is -0.120. The number of nitrogens with one attached hydrogen (secondary N) is 1. The van der Waals surface area contributed by atoms with Gasteiger partial charge >= 0.3 is 5.97 Å². The van der Waals surface area contributed by atoms with E-state index in [9.17, 15) is 9.59 Å². The minimum atomic E-state index is -0.957. The number of carbonyl (C=O) groups is 2. The first-order chi connectivity index (χ1) is 9.69. The molecule has 2 N–H and O–H groups in total. The van der Waals surface area contributed by atoms with E-state index in [2.05, 4.69) is 33.0 Å². The highest BCUT2D eigenvalue weighted by atomic mass is 16.4. The molecule has 0 radical (unpaired) electrons. The highest BCUT2D eigenvalue weighted by molar-refractivity contribution is 5.87. The van der Waals surface area contributed by atoms with Crippen molar-refractivity contribution in [3.05, 3.63) is 35.4 Å². The van der Waals surface area contributed by atoms with Crippen LogP contribution in [0, 0.1) is 11.3 Å². The third-order valence-electron chi connectivity index (χ3n) is 3.29. The summed E-state index contributed by atoms with van der Waals surface area (Å²) in [6.45, 7) is 9.29. The Morgan fingerprint density at radius 1 is 1.19 bits per heavy atom. The van der Waals surface area contributed by atoms with Crippen molar-refractivity contribution in [2.75, 3.05) is 6.54 Å². The van der Waals surface area contributed by atoms with Gasteiger partial charge in [-0.05, 0) is 35.4 Å². The fourth-order valence-electron chi connectivity index (χ4n) is 2.53. The Morgan fingerprint density at radius 2 is 1.76 bits per heavy atom. The topological polar surface area (TPSA) is 66.4 Å². The standard InChI is InChI=1S/C17H25NO3/c1-12(2)10-17(3,4)11-18-15(19)9-13-5-7-14(8-6-13)16(20)21/h5-8,12H,9-11H2,1-4H3,(H,18,19)(H,20,21). The van der Waals surface area contributed by atoms with E-state index in [0.717, 1.165) is 12.0 Å². The molecule has 0 saturated carbocycles. The second kappa shape index (κ2) is 7.25. The maximum absolute atomic E-state index is 11.9. The molecule has 4 nitrogen and oxygen atoms in total. The second-order valence-electron chi connectivity index (χ2n) is 6.72. The zero-order chi connectivity index (χ0) is 16.0. The van der Waals surface area contributed by atoms with Crippen LogP contribution in [-0.2, 0) is 11.2 Å². The second-order valence-corrected chi connectivity index (χ2v) is 6.72. The third-order valence-corrected chi connectivity index (χ3v) is 3.29. The first kappa shape index (κ1) is 17.2. The molecular formula is C17H25NO3. The van der Waals surface area contributed by atoms with E-state index >= 15 is 0 Å². The van der Waals surface area contributed by atoms with Gasteiger partial charge in [0, 0.05) is 6.54 Å². The number of hydrogen-bond donors (Lipinski definition) is 2. The van der Waals surface area contributed by atoms with Gasteiger partial charge < -0.3 is 10.4 Å². The van der Waals surface area contributed by atoms with Gasteiger partial charge in [-0.1, -0.05) is 39.8 Å². The van der Waals surface area contributed by atoms with Crippen LogP contribution >= 0.6 is 0 Å². The van der Waals surface area contributed by atoms with E-state index in [0.29, 0.717) is 12.5 Å². The molecule has 0 aliphatic heterocycles. The van der Waals surface area contributed by atoms with E-state index in [1.165, 1.54) is 12.1 Å². The van der Waals surface area contributed by atoms with Gasteiger partial charge in [0.25, 0.3) is 0 Å². The van der Waals surface area contributed by atoms with Crippen molar-refractivity contribution in [1.82, 2.24) is 5.32 Å². The number of benzene rings is 1. The first-order valence-corrected chi connectivity index (χ1v) is 7.28. The van der Waals surface area contributed by atoms with E-state index in [1.54, 1.807) is 12.1 Å². The predicted octanol–water partition coefficient (Wildman–Crippen LogP) is 3.12. The van der Waals surface area contributed by atoms with Crippen LogP contribution in [0.1, 0.15) is 50.0 Å². The molecule has 1 rings (SSSR count). The van der Waals surface area contributed by atoms with Crippen molar-refractivity contribution >= 4 is 11.9 Å². The summed E-state index contributed by atoms with van der Waals surface area (Å²) >= 11 is 0. The Labute approximate surface area is 126 Å². The molecule has 0 aromatic heterocycles. The molecule has 0 spiro atoms. The molecule has 0 unspecified atom stereocenters. The Bertz CT molecular complexity index is 489. The highest BCUT2D eigenvalue weighted by Gasteiger charge is 2.20. The summed E-state index contributed by atoms with van der Waals surface area (Å²) in [6.07, 6.45) is 1.33. The van der Waals surface area contributed by atoms with Gasteiger partial charge in [0.05, 0.1) is 12.0 Å². The van der Waals surface area contributed by atoms with Crippen molar-refractivity contribution in [3.8, 4) is 0 Å². The average Bonchev–Trinajstić information content (AvgIpc) is 2.36. The first-order valence-electron chi connectivity index (χ1n) is 7.28. The maximum Gasteiger partial charge on any atom is 0.335 e. The molecule has 1 amide bonds. The molecule has 0 fully saturated rings. The lowest BCUT2D eigenvalue weighted by Gasteiger charge is -2.27. The largest absolute Gasteiger partial charge is 0.478 e. The van der Waals surface area contributed by atoms with Gasteiger partial charge in [0.15, 0.2) is 0 Å². The van der Waals surface area contributed by atoms with Crippen LogP contribution in [0.15, 0.2) is 24.3 Å². The lowest BCUT2D eigenvalue weighted by Crippen LogP contribution is -2.35. The number of amides is 1. The summed E-state index contributed by atoms with van der Waals surface area (Å²) in [6, 6.07) is 6.41. The van der Waals surface area contributed by atoms with Gasteiger partial charge in [0.1, 0.15) is 0 Å². The van der Waals surface area contributed by atoms with Gasteiger partial charge in [-0.15, -0.1) is 0 Å². The van der Waals surface area contributed by atoms with E-state index in [1.807, 2.05) is 0 Å². The number of aromatic carboxylic acids is 1. The molecule has 4 heteroatoms. The third kappa shape index (κ3) is 6.43. The average molecular weight is 291 g/mol. The fourth-order valence-corrected chi connectivity index (χ4v) is 2.53. The van der Waals surface area contributed by atoms with Gasteiger partial charge in [-0.25, -0.2) is 4.79 Å². The summed E-state index contributed by atoms with van der Waals surface area (Å²) in [5, 5.41) is 11.8. The zero-order valence-corrected chi connectivity index (χ0v) is 13.3. The van der Waals surface area contributed by atoms with Crippen LogP contribution in [0.5, 0.6) is 0 Å². The van der Waals surface area contributed by atoms with Gasteiger partial charge in [-0.2, -0.15) is 0 Å². The number of carboxylic acids is 1. The van der Waals surface area contributed by atoms with Crippen LogP contribution in [0.4, 0.5) is 0 Å². The van der Waals surface area contributed by atoms with Crippen LogP contribution in [0.25, 0.3) is 0 Å². The monoisotopic (exact) mass is 291 g/mol. The zero-order valence-electron chi connectivity index (χ0n) is 13.3. The number of rotatable bonds is 7. The quantitative estimate of drug-likeness (QED) is 0.811. The van der Waals surface area contributed by atoms with Crippen molar-refractivity contribution in [2.24, 2.45) is 11.3 Å². The Kier molecular flexibility index (Phi) is 5.94. The Hall–Kier alpha value is -1.84. The van der Waals surface area contributed by atoms with Crippen LogP contribution in [-0.4, -0.2) is 23.5 Å². The van der Waals surface area contributed by atoms with Crippen molar-refractivity contribution in [3.63, 3.8) is 0 Å². The molecule has 0 aliphatic carbocycles. The summed E-state index contributed by atoms with van der Waals surface area (Å²) in [4.78, 5) is 22.7. The maximum atomic E-state index is 11.9. The fraction of sp³-hybridized carbons (Fsp3) is 0.529. The summed E-state index contributed by atoms with van der Waals surface area (Å²) < 4.78 is 0. The Morgan fingerprint density at radius 3 is 2.24 bits per heavy atom. The molecule has 116 valence electrons. The normalized spacial score (nSPS) is 11.5. The molecule has 1 aromatic carbocycles. The minimum absolute atomic E-state index is 0.0325. The molecule has 0 saturated heterocycles. The van der Waals surface area contributed by atoms with Crippen LogP contribution in [0.3, 0.4) is 0 Å². The van der Waals surface area contributed by atoms with Crippen molar-refractivity contribution < 1.29 is 14.7 Å². The SMILES string of the molecule is CC(C)CC(C)(C)CNC(=O)Cc1ccc(C(=O)O)cc1. The van der Waals surface area contributed by atoms with Crippen LogP contribution < -0.4 is 5.32 Å². The predicted molar refractivity (Wildman–Crippen MR) is 83.4 cm³/mol. The van der Waals surface area contributed by atoms with E-state index in [4.69, 9.17) is 5.11 Å². The summed E-state index contributed by atoms with van der Waals surface area (Å²) in [5.41, 5.74) is 1.13. The molecule has 1 aromatic rings. The Balaban J connectivity index is 2.48.